The summed E-state index contributed by atoms with van der Waals surface area (Å²) >= 11 is 0. The monoisotopic (exact) mass is 278 g/mol. The average molecular weight is 278 g/mol. The Labute approximate surface area is 114 Å². The molecule has 0 amide bonds. The number of sulfone groups is 1. The predicted octanol–water partition coefficient (Wildman–Crippen LogP) is 2.18. The molecule has 1 aromatic carbocycles. The van der Waals surface area contributed by atoms with Gasteiger partial charge in [-0.1, -0.05) is 12.1 Å². The van der Waals surface area contributed by atoms with E-state index < -0.39 is 9.84 Å². The molecule has 1 heterocycles. The van der Waals surface area contributed by atoms with E-state index in [2.05, 4.69) is 29.9 Å². The minimum atomic E-state index is -3.14. The lowest BCUT2D eigenvalue weighted by Crippen LogP contribution is -2.28. The highest BCUT2D eigenvalue weighted by molar-refractivity contribution is 7.90. The van der Waals surface area contributed by atoms with Crippen LogP contribution in [-0.2, 0) is 9.84 Å². The van der Waals surface area contributed by atoms with Crippen molar-refractivity contribution in [1.29, 1.82) is 0 Å². The summed E-state index contributed by atoms with van der Waals surface area (Å²) in [5.74, 6) is 0. The van der Waals surface area contributed by atoms with Gasteiger partial charge in [-0.3, -0.25) is 4.99 Å². The second-order valence-corrected chi connectivity index (χ2v) is 6.96. The smallest absolute Gasteiger partial charge is 0.175 e. The quantitative estimate of drug-likeness (QED) is 0.851. The van der Waals surface area contributed by atoms with Crippen molar-refractivity contribution >= 4 is 21.6 Å². The Bertz CT molecular complexity index is 613. The van der Waals surface area contributed by atoms with Crippen molar-refractivity contribution in [3.05, 3.63) is 36.0 Å². The molecular weight excluding hydrogens is 260 g/mol. The van der Waals surface area contributed by atoms with Crippen LogP contribution in [-0.4, -0.2) is 38.5 Å². The number of aliphatic imine (C=N–C) groups is 1. The van der Waals surface area contributed by atoms with Crippen LogP contribution in [0.1, 0.15) is 19.4 Å². The number of allylic oxidation sites excluding steroid dienone is 1. The first kappa shape index (κ1) is 13.8. The summed E-state index contributed by atoms with van der Waals surface area (Å²) < 4.78 is 22.8. The van der Waals surface area contributed by atoms with Crippen LogP contribution in [0.15, 0.2) is 40.4 Å². The molecule has 0 radical (unpaired) electrons. The Morgan fingerprint density at radius 3 is 2.37 bits per heavy atom. The molecule has 0 saturated carbocycles. The van der Waals surface area contributed by atoms with Crippen molar-refractivity contribution in [2.45, 2.75) is 24.8 Å². The summed E-state index contributed by atoms with van der Waals surface area (Å²) in [6.45, 7) is 4.89. The van der Waals surface area contributed by atoms with Crippen LogP contribution in [0, 0.1) is 0 Å². The third-order valence-electron chi connectivity index (χ3n) is 3.06. The summed E-state index contributed by atoms with van der Waals surface area (Å²) in [7, 11) is -3.14. The molecule has 0 aliphatic carbocycles. The van der Waals surface area contributed by atoms with Crippen molar-refractivity contribution < 1.29 is 8.42 Å². The second-order valence-electron chi connectivity index (χ2n) is 4.94. The molecule has 0 spiro atoms. The van der Waals surface area contributed by atoms with Crippen molar-refractivity contribution in [3.63, 3.8) is 0 Å². The molecule has 0 fully saturated rings. The lowest BCUT2D eigenvalue weighted by molar-refractivity contribution is 0.320. The zero-order chi connectivity index (χ0) is 14.0. The molecule has 102 valence electrons. The van der Waals surface area contributed by atoms with Crippen molar-refractivity contribution in [1.82, 2.24) is 4.90 Å². The average Bonchev–Trinajstić information content (AvgIpc) is 2.38. The van der Waals surface area contributed by atoms with Gasteiger partial charge in [-0.15, -0.1) is 0 Å². The summed E-state index contributed by atoms with van der Waals surface area (Å²) in [6, 6.07) is 7.29. The van der Waals surface area contributed by atoms with E-state index in [0.29, 0.717) is 17.6 Å². The topological polar surface area (TPSA) is 49.7 Å². The van der Waals surface area contributed by atoms with Crippen LogP contribution in [0.3, 0.4) is 0 Å². The Balaban J connectivity index is 2.30. The Hall–Kier alpha value is -1.62. The molecular formula is C14H18N2O2S. The van der Waals surface area contributed by atoms with E-state index in [1.54, 1.807) is 12.1 Å². The second kappa shape index (κ2) is 5.17. The first-order chi connectivity index (χ1) is 8.88. The third-order valence-corrected chi connectivity index (χ3v) is 4.19. The molecule has 5 heteroatoms. The zero-order valence-electron chi connectivity index (χ0n) is 11.4. The van der Waals surface area contributed by atoms with Gasteiger partial charge >= 0.3 is 0 Å². The minimum absolute atomic E-state index is 0.338. The number of benzene rings is 1. The van der Waals surface area contributed by atoms with E-state index in [4.69, 9.17) is 0 Å². The Morgan fingerprint density at radius 1 is 1.21 bits per heavy atom. The largest absolute Gasteiger partial charge is 0.355 e. The van der Waals surface area contributed by atoms with Gasteiger partial charge in [0.2, 0.25) is 0 Å². The fourth-order valence-electron chi connectivity index (χ4n) is 1.84. The highest BCUT2D eigenvalue weighted by Gasteiger charge is 2.12. The van der Waals surface area contributed by atoms with Crippen LogP contribution in [0.25, 0.3) is 5.57 Å². The van der Waals surface area contributed by atoms with Gasteiger partial charge in [-0.2, -0.15) is 0 Å². The summed E-state index contributed by atoms with van der Waals surface area (Å²) in [5.41, 5.74) is 1.97. The molecule has 0 bridgehead atoms. The third kappa shape index (κ3) is 3.23. The Kier molecular flexibility index (Phi) is 3.75. The molecule has 1 aromatic rings. The highest BCUT2D eigenvalue weighted by atomic mass is 32.2. The van der Waals surface area contributed by atoms with Gasteiger partial charge in [0.25, 0.3) is 0 Å². The first-order valence-electron chi connectivity index (χ1n) is 6.16. The molecule has 0 aromatic heterocycles. The van der Waals surface area contributed by atoms with Gasteiger partial charge < -0.3 is 4.90 Å². The molecule has 2 rings (SSSR count). The molecule has 0 unspecified atom stereocenters. The molecule has 1 aliphatic heterocycles. The van der Waals surface area contributed by atoms with Crippen molar-refractivity contribution in [3.8, 4) is 0 Å². The van der Waals surface area contributed by atoms with Gasteiger partial charge in [-0.25, -0.2) is 8.42 Å². The fourth-order valence-corrected chi connectivity index (χ4v) is 2.47. The predicted molar refractivity (Wildman–Crippen MR) is 77.9 cm³/mol. The normalized spacial score (nSPS) is 15.8. The van der Waals surface area contributed by atoms with Crippen molar-refractivity contribution in [2.75, 3.05) is 12.9 Å². The van der Waals surface area contributed by atoms with Crippen LogP contribution >= 0.6 is 0 Å². The number of nitrogens with zero attached hydrogens (tertiary/aromatic N) is 2. The van der Waals surface area contributed by atoms with Gasteiger partial charge in [0.15, 0.2) is 9.84 Å². The SMILES string of the molecule is CC(C)N1C=C(c2ccc(S(C)(=O)=O)cc2)C=NC1. The molecule has 19 heavy (non-hydrogen) atoms. The van der Waals surface area contributed by atoms with Crippen LogP contribution in [0.4, 0.5) is 0 Å². The zero-order valence-corrected chi connectivity index (χ0v) is 12.2. The van der Waals surface area contributed by atoms with Crippen LogP contribution < -0.4 is 0 Å². The summed E-state index contributed by atoms with van der Waals surface area (Å²) in [6.07, 6.45) is 5.10. The van der Waals surface area contributed by atoms with Crippen LogP contribution in [0.5, 0.6) is 0 Å². The van der Waals surface area contributed by atoms with E-state index in [-0.39, 0.29) is 0 Å². The summed E-state index contributed by atoms with van der Waals surface area (Å²) in [5, 5.41) is 0. The van der Waals surface area contributed by atoms with E-state index in [9.17, 15) is 8.42 Å². The van der Waals surface area contributed by atoms with E-state index in [0.717, 1.165) is 11.1 Å². The van der Waals surface area contributed by atoms with Gasteiger partial charge in [0.05, 0.1) is 4.90 Å². The van der Waals surface area contributed by atoms with Crippen LogP contribution in [0.2, 0.25) is 0 Å². The molecule has 0 N–H and O–H groups in total. The first-order valence-corrected chi connectivity index (χ1v) is 8.05. The molecule has 0 saturated heterocycles. The van der Waals surface area contributed by atoms with E-state index in [1.165, 1.54) is 6.26 Å². The lowest BCUT2D eigenvalue weighted by atomic mass is 10.1. The van der Waals surface area contributed by atoms with E-state index >= 15 is 0 Å². The summed E-state index contributed by atoms with van der Waals surface area (Å²) in [4.78, 5) is 6.80. The maximum absolute atomic E-state index is 11.4. The molecule has 1 aliphatic rings. The maximum Gasteiger partial charge on any atom is 0.175 e. The van der Waals surface area contributed by atoms with Gasteiger partial charge in [0, 0.05) is 30.3 Å². The molecule has 4 nitrogen and oxygen atoms in total. The van der Waals surface area contributed by atoms with Crippen molar-refractivity contribution in [2.24, 2.45) is 4.99 Å². The lowest BCUT2D eigenvalue weighted by Gasteiger charge is -2.26. The number of hydrogen-bond donors (Lipinski definition) is 0. The van der Waals surface area contributed by atoms with Gasteiger partial charge in [-0.05, 0) is 31.5 Å². The number of rotatable bonds is 3. The highest BCUT2D eigenvalue weighted by Crippen LogP contribution is 2.19. The standard InChI is InChI=1S/C14H18N2O2S/c1-11(2)16-9-13(8-15-10-16)12-4-6-14(7-5-12)19(3,17)18/h4-9,11H,10H2,1-3H3. The maximum atomic E-state index is 11.4. The van der Waals surface area contributed by atoms with E-state index in [1.807, 2.05) is 18.3 Å². The van der Waals surface area contributed by atoms with Gasteiger partial charge in [0.1, 0.15) is 6.67 Å². The fraction of sp³-hybridized carbons (Fsp3) is 0.357. The Morgan fingerprint density at radius 2 is 1.84 bits per heavy atom. The number of hydrogen-bond acceptors (Lipinski definition) is 4. The molecule has 0 atom stereocenters. The minimum Gasteiger partial charge on any atom is -0.355 e.